The Hall–Kier alpha value is 0.160. The largest absolute Gasteiger partial charge is 0.368 e. The molecular weight excluding hydrogens is 257 g/mol. The molecule has 1 unspecified atom stereocenters. The van der Waals surface area contributed by atoms with E-state index in [0.29, 0.717) is 4.55 Å². The molecule has 1 fully saturated rings. The van der Waals surface area contributed by atoms with E-state index < -0.39 is 0 Å². The number of amides is 1. The first-order chi connectivity index (χ1) is 5.34. The Bertz CT molecular complexity index is 134. The summed E-state index contributed by atoms with van der Waals surface area (Å²) in [6.45, 7) is 0.735. The normalized spacial score (nSPS) is 24.6. The smallest absolute Gasteiger partial charge is 0.249 e. The van der Waals surface area contributed by atoms with Gasteiger partial charge in [-0.25, -0.2) is 0 Å². The fraction of sp³-hybridized carbons (Fsp3) is 0.857. The standard InChI is InChI=1S/C7H12INO2/c8-5-9-7(10)6-3-1-2-4-11-6/h6H,1-5H2,(H,9,10). The van der Waals surface area contributed by atoms with Gasteiger partial charge in [0.1, 0.15) is 6.10 Å². The zero-order valence-corrected chi connectivity index (χ0v) is 8.46. The van der Waals surface area contributed by atoms with Gasteiger partial charge in [-0.1, -0.05) is 22.6 Å². The Morgan fingerprint density at radius 1 is 1.64 bits per heavy atom. The molecule has 0 radical (unpaired) electrons. The SMILES string of the molecule is O=C(NCI)C1CCCCO1. The maximum absolute atomic E-state index is 11.2. The Morgan fingerprint density at radius 2 is 2.45 bits per heavy atom. The zero-order valence-electron chi connectivity index (χ0n) is 6.31. The van der Waals surface area contributed by atoms with E-state index in [-0.39, 0.29) is 12.0 Å². The van der Waals surface area contributed by atoms with Gasteiger partial charge >= 0.3 is 0 Å². The highest BCUT2D eigenvalue weighted by atomic mass is 127. The number of ether oxygens (including phenoxy) is 1. The first-order valence-corrected chi connectivity index (χ1v) is 5.32. The monoisotopic (exact) mass is 269 g/mol. The van der Waals surface area contributed by atoms with Gasteiger partial charge in [-0.05, 0) is 19.3 Å². The van der Waals surface area contributed by atoms with Crippen molar-refractivity contribution in [2.75, 3.05) is 11.2 Å². The predicted molar refractivity (Wildman–Crippen MR) is 50.6 cm³/mol. The Morgan fingerprint density at radius 3 is 3.00 bits per heavy atom. The van der Waals surface area contributed by atoms with Gasteiger partial charge in [-0.2, -0.15) is 0 Å². The van der Waals surface area contributed by atoms with E-state index in [2.05, 4.69) is 27.9 Å². The van der Waals surface area contributed by atoms with Crippen LogP contribution in [0.1, 0.15) is 19.3 Å². The average molecular weight is 269 g/mol. The molecule has 64 valence electrons. The number of hydrogen-bond donors (Lipinski definition) is 1. The molecule has 0 saturated carbocycles. The Balaban J connectivity index is 2.27. The van der Waals surface area contributed by atoms with E-state index in [4.69, 9.17) is 4.74 Å². The molecule has 1 atom stereocenters. The molecule has 0 aromatic rings. The van der Waals surface area contributed by atoms with Crippen molar-refractivity contribution in [1.29, 1.82) is 0 Å². The highest BCUT2D eigenvalue weighted by molar-refractivity contribution is 14.1. The minimum absolute atomic E-state index is 0.0408. The number of hydrogen-bond acceptors (Lipinski definition) is 2. The summed E-state index contributed by atoms with van der Waals surface area (Å²) in [5, 5.41) is 2.74. The van der Waals surface area contributed by atoms with Crippen LogP contribution in [0.3, 0.4) is 0 Å². The molecule has 4 heteroatoms. The minimum atomic E-state index is -0.182. The summed E-state index contributed by atoms with van der Waals surface area (Å²) >= 11 is 2.11. The summed E-state index contributed by atoms with van der Waals surface area (Å²) < 4.78 is 5.94. The lowest BCUT2D eigenvalue weighted by molar-refractivity contribution is -0.134. The second kappa shape index (κ2) is 4.92. The van der Waals surface area contributed by atoms with Crippen molar-refractivity contribution in [3.05, 3.63) is 0 Å². The number of rotatable bonds is 2. The third-order valence-electron chi connectivity index (χ3n) is 1.71. The van der Waals surface area contributed by atoms with Crippen LogP contribution in [0.25, 0.3) is 0 Å². The number of carbonyl (C=O) groups excluding carboxylic acids is 1. The van der Waals surface area contributed by atoms with Gasteiger partial charge in [0.15, 0.2) is 0 Å². The minimum Gasteiger partial charge on any atom is -0.368 e. The fourth-order valence-electron chi connectivity index (χ4n) is 1.13. The van der Waals surface area contributed by atoms with Crippen LogP contribution in [0.2, 0.25) is 0 Å². The quantitative estimate of drug-likeness (QED) is 0.462. The molecular formula is C7H12INO2. The molecule has 1 aliphatic rings. The first kappa shape index (κ1) is 9.25. The number of halogens is 1. The highest BCUT2D eigenvalue weighted by Gasteiger charge is 2.20. The van der Waals surface area contributed by atoms with Gasteiger partial charge < -0.3 is 10.1 Å². The van der Waals surface area contributed by atoms with Crippen molar-refractivity contribution in [1.82, 2.24) is 5.32 Å². The third-order valence-corrected chi connectivity index (χ3v) is 2.09. The van der Waals surface area contributed by atoms with E-state index >= 15 is 0 Å². The summed E-state index contributed by atoms with van der Waals surface area (Å²) in [6, 6.07) is 0. The molecule has 0 aliphatic carbocycles. The molecule has 1 rings (SSSR count). The van der Waals surface area contributed by atoms with Crippen molar-refractivity contribution in [2.24, 2.45) is 0 Å². The molecule has 1 amide bonds. The van der Waals surface area contributed by atoms with E-state index in [1.54, 1.807) is 0 Å². The second-order valence-electron chi connectivity index (χ2n) is 2.53. The maximum atomic E-state index is 11.2. The van der Waals surface area contributed by atoms with E-state index in [0.717, 1.165) is 25.9 Å². The maximum Gasteiger partial charge on any atom is 0.249 e. The topological polar surface area (TPSA) is 38.3 Å². The first-order valence-electron chi connectivity index (χ1n) is 3.80. The van der Waals surface area contributed by atoms with Crippen LogP contribution >= 0.6 is 22.6 Å². The van der Waals surface area contributed by atoms with Crippen molar-refractivity contribution < 1.29 is 9.53 Å². The van der Waals surface area contributed by atoms with Crippen molar-refractivity contribution in [2.45, 2.75) is 25.4 Å². The summed E-state index contributed by atoms with van der Waals surface area (Å²) in [5.74, 6) is 0.0408. The summed E-state index contributed by atoms with van der Waals surface area (Å²) in [4.78, 5) is 11.2. The molecule has 1 N–H and O–H groups in total. The Kier molecular flexibility index (Phi) is 4.14. The van der Waals surface area contributed by atoms with Gasteiger partial charge in [0.25, 0.3) is 0 Å². The van der Waals surface area contributed by atoms with Gasteiger partial charge in [0, 0.05) is 6.61 Å². The molecule has 1 aliphatic heterocycles. The van der Waals surface area contributed by atoms with Crippen LogP contribution in [0, 0.1) is 0 Å². The zero-order chi connectivity index (χ0) is 8.10. The summed E-state index contributed by atoms with van der Waals surface area (Å²) in [7, 11) is 0. The van der Waals surface area contributed by atoms with Gasteiger partial charge in [0.2, 0.25) is 5.91 Å². The fourth-order valence-corrected chi connectivity index (χ4v) is 1.50. The molecule has 3 nitrogen and oxygen atoms in total. The summed E-state index contributed by atoms with van der Waals surface area (Å²) in [5.41, 5.74) is 0. The van der Waals surface area contributed by atoms with Crippen LogP contribution in [-0.4, -0.2) is 23.2 Å². The second-order valence-corrected chi connectivity index (χ2v) is 3.29. The Labute approximate surface area is 80.0 Å². The number of alkyl halides is 1. The van der Waals surface area contributed by atoms with E-state index in [1.165, 1.54) is 0 Å². The van der Waals surface area contributed by atoms with Crippen LogP contribution in [0.5, 0.6) is 0 Å². The average Bonchev–Trinajstić information content (AvgIpc) is 2.07. The van der Waals surface area contributed by atoms with E-state index in [9.17, 15) is 4.79 Å². The molecule has 11 heavy (non-hydrogen) atoms. The van der Waals surface area contributed by atoms with E-state index in [1.807, 2.05) is 0 Å². The lowest BCUT2D eigenvalue weighted by Crippen LogP contribution is -2.37. The molecule has 0 spiro atoms. The lowest BCUT2D eigenvalue weighted by atomic mass is 10.1. The van der Waals surface area contributed by atoms with Crippen molar-refractivity contribution >= 4 is 28.5 Å². The van der Waals surface area contributed by atoms with Crippen molar-refractivity contribution in [3.63, 3.8) is 0 Å². The molecule has 0 aromatic carbocycles. The van der Waals surface area contributed by atoms with Gasteiger partial charge in [-0.3, -0.25) is 4.79 Å². The van der Waals surface area contributed by atoms with Gasteiger partial charge in [0.05, 0.1) is 4.55 Å². The highest BCUT2D eigenvalue weighted by Crippen LogP contribution is 2.12. The van der Waals surface area contributed by atoms with Gasteiger partial charge in [-0.15, -0.1) is 0 Å². The van der Waals surface area contributed by atoms with Crippen LogP contribution in [0.4, 0.5) is 0 Å². The van der Waals surface area contributed by atoms with Crippen LogP contribution in [0.15, 0.2) is 0 Å². The molecule has 0 bridgehead atoms. The molecule has 1 saturated heterocycles. The predicted octanol–water partition coefficient (Wildman–Crippen LogP) is 1.06. The third kappa shape index (κ3) is 2.94. The number of carbonyl (C=O) groups is 1. The molecule has 1 heterocycles. The summed E-state index contributed by atoms with van der Waals surface area (Å²) in [6.07, 6.45) is 2.90. The number of nitrogens with one attached hydrogen (secondary N) is 1. The molecule has 0 aromatic heterocycles. The van der Waals surface area contributed by atoms with Crippen LogP contribution < -0.4 is 5.32 Å². The van der Waals surface area contributed by atoms with Crippen molar-refractivity contribution in [3.8, 4) is 0 Å². The van der Waals surface area contributed by atoms with Crippen LogP contribution in [-0.2, 0) is 9.53 Å². The lowest BCUT2D eigenvalue weighted by Gasteiger charge is -2.20.